The smallest absolute Gasteiger partial charge is 0.323 e. The van der Waals surface area contributed by atoms with Gasteiger partial charge in [0, 0.05) is 12.1 Å². The molecule has 1 unspecified atom stereocenters. The number of hydrogen-bond donors (Lipinski definition) is 2. The van der Waals surface area contributed by atoms with Crippen LogP contribution in [0.2, 0.25) is 0 Å². The molecule has 2 aliphatic carbocycles. The Balaban J connectivity index is 1.65. The van der Waals surface area contributed by atoms with E-state index >= 15 is 0 Å². The SMILES string of the molecule is CN(CCCCC(C)(NC1CC1)C(=O)O)C1CCCCC1. The molecule has 0 aromatic heterocycles. The molecule has 0 bridgehead atoms. The molecule has 0 aromatic carbocycles. The molecular weight excluding hydrogens is 264 g/mol. The number of unbranched alkanes of at least 4 members (excludes halogenated alkanes) is 1. The van der Waals surface area contributed by atoms with Crippen LogP contribution >= 0.6 is 0 Å². The van der Waals surface area contributed by atoms with E-state index in [4.69, 9.17) is 0 Å². The van der Waals surface area contributed by atoms with Gasteiger partial charge < -0.3 is 10.0 Å². The maximum Gasteiger partial charge on any atom is 0.323 e. The van der Waals surface area contributed by atoms with E-state index in [0.29, 0.717) is 6.04 Å². The van der Waals surface area contributed by atoms with Crippen LogP contribution in [0.25, 0.3) is 0 Å². The molecule has 2 fully saturated rings. The predicted octanol–water partition coefficient (Wildman–Crippen LogP) is 3.02. The molecule has 4 nitrogen and oxygen atoms in total. The van der Waals surface area contributed by atoms with Crippen molar-refractivity contribution in [3.8, 4) is 0 Å². The fourth-order valence-electron chi connectivity index (χ4n) is 3.46. The number of rotatable bonds is 9. The predicted molar refractivity (Wildman–Crippen MR) is 85.6 cm³/mol. The van der Waals surface area contributed by atoms with Crippen molar-refractivity contribution in [1.29, 1.82) is 0 Å². The van der Waals surface area contributed by atoms with Gasteiger partial charge in [-0.15, -0.1) is 0 Å². The highest BCUT2D eigenvalue weighted by Gasteiger charge is 2.37. The van der Waals surface area contributed by atoms with Crippen LogP contribution in [0.4, 0.5) is 0 Å². The lowest BCUT2D eigenvalue weighted by Crippen LogP contribution is -2.50. The molecule has 2 aliphatic rings. The summed E-state index contributed by atoms with van der Waals surface area (Å²) in [6.45, 7) is 2.95. The van der Waals surface area contributed by atoms with Gasteiger partial charge in [-0.25, -0.2) is 0 Å². The zero-order chi connectivity index (χ0) is 15.3. The van der Waals surface area contributed by atoms with Crippen molar-refractivity contribution in [3.63, 3.8) is 0 Å². The fourth-order valence-corrected chi connectivity index (χ4v) is 3.46. The third-order valence-corrected chi connectivity index (χ3v) is 5.21. The monoisotopic (exact) mass is 296 g/mol. The van der Waals surface area contributed by atoms with E-state index < -0.39 is 11.5 Å². The number of nitrogens with zero attached hydrogens (tertiary/aromatic N) is 1. The molecule has 2 rings (SSSR count). The first kappa shape index (κ1) is 16.8. The standard InChI is InChI=1S/C17H32N2O2/c1-17(16(20)21,18-14-10-11-14)12-6-7-13-19(2)15-8-4-3-5-9-15/h14-15,18H,3-13H2,1-2H3,(H,20,21). The molecule has 2 N–H and O–H groups in total. The van der Waals surface area contributed by atoms with Crippen molar-refractivity contribution in [1.82, 2.24) is 10.2 Å². The summed E-state index contributed by atoms with van der Waals surface area (Å²) in [6.07, 6.45) is 11.9. The van der Waals surface area contributed by atoms with E-state index in [2.05, 4.69) is 17.3 Å². The second kappa shape index (κ2) is 7.59. The summed E-state index contributed by atoms with van der Waals surface area (Å²) in [7, 11) is 2.23. The Bertz CT molecular complexity index is 338. The minimum absolute atomic E-state index is 0.441. The van der Waals surface area contributed by atoms with E-state index in [9.17, 15) is 9.90 Å². The lowest BCUT2D eigenvalue weighted by Gasteiger charge is -2.31. The highest BCUT2D eigenvalue weighted by molar-refractivity contribution is 5.78. The first-order chi connectivity index (χ1) is 10.0. The van der Waals surface area contributed by atoms with Gasteiger partial charge in [-0.1, -0.05) is 19.3 Å². The molecule has 4 heteroatoms. The molecule has 122 valence electrons. The fraction of sp³-hybridized carbons (Fsp3) is 0.941. The molecule has 0 spiro atoms. The molecule has 21 heavy (non-hydrogen) atoms. The molecule has 1 atom stereocenters. The van der Waals surface area contributed by atoms with E-state index in [1.165, 1.54) is 32.1 Å². The van der Waals surface area contributed by atoms with Crippen LogP contribution in [-0.2, 0) is 4.79 Å². The van der Waals surface area contributed by atoms with Crippen molar-refractivity contribution >= 4 is 5.97 Å². The number of carboxylic acids is 1. The normalized spacial score (nSPS) is 23.2. The average molecular weight is 296 g/mol. The van der Waals surface area contributed by atoms with Crippen LogP contribution in [0.3, 0.4) is 0 Å². The highest BCUT2D eigenvalue weighted by atomic mass is 16.4. The largest absolute Gasteiger partial charge is 0.480 e. The van der Waals surface area contributed by atoms with E-state index in [-0.39, 0.29) is 0 Å². The number of hydrogen-bond acceptors (Lipinski definition) is 3. The number of carboxylic acid groups (broad SMARTS) is 1. The molecule has 0 radical (unpaired) electrons. The van der Waals surface area contributed by atoms with Gasteiger partial charge in [0.15, 0.2) is 0 Å². The summed E-state index contributed by atoms with van der Waals surface area (Å²) in [6, 6.07) is 1.20. The zero-order valence-corrected chi connectivity index (χ0v) is 13.7. The van der Waals surface area contributed by atoms with Gasteiger partial charge in [-0.3, -0.25) is 10.1 Å². The minimum atomic E-state index is -0.732. The van der Waals surface area contributed by atoms with Gasteiger partial charge in [0.05, 0.1) is 0 Å². The van der Waals surface area contributed by atoms with Crippen molar-refractivity contribution in [3.05, 3.63) is 0 Å². The van der Waals surface area contributed by atoms with Gasteiger partial charge in [0.2, 0.25) is 0 Å². The Morgan fingerprint density at radius 3 is 2.43 bits per heavy atom. The summed E-state index contributed by atoms with van der Waals surface area (Å²) in [5.41, 5.74) is -0.732. The third kappa shape index (κ3) is 5.26. The van der Waals surface area contributed by atoms with Crippen molar-refractivity contribution in [2.45, 2.75) is 88.8 Å². The lowest BCUT2D eigenvalue weighted by atomic mass is 9.93. The lowest BCUT2D eigenvalue weighted by molar-refractivity contribution is -0.144. The van der Waals surface area contributed by atoms with E-state index in [1.807, 2.05) is 6.92 Å². The quantitative estimate of drug-likeness (QED) is 0.642. The average Bonchev–Trinajstić information content (AvgIpc) is 3.28. The summed E-state index contributed by atoms with van der Waals surface area (Å²) in [5, 5.41) is 12.8. The zero-order valence-electron chi connectivity index (χ0n) is 13.7. The molecule has 0 heterocycles. The summed E-state index contributed by atoms with van der Waals surface area (Å²) in [5.74, 6) is -0.699. The van der Waals surface area contributed by atoms with Crippen LogP contribution in [-0.4, -0.2) is 47.2 Å². The topological polar surface area (TPSA) is 52.6 Å². The Kier molecular flexibility index (Phi) is 6.06. The Hall–Kier alpha value is -0.610. The molecular formula is C17H32N2O2. The van der Waals surface area contributed by atoms with Crippen LogP contribution in [0.15, 0.2) is 0 Å². The second-order valence-electron chi connectivity index (χ2n) is 7.29. The number of aliphatic carboxylic acids is 1. The Morgan fingerprint density at radius 1 is 1.19 bits per heavy atom. The van der Waals surface area contributed by atoms with E-state index in [0.717, 1.165) is 44.7 Å². The summed E-state index contributed by atoms with van der Waals surface area (Å²) < 4.78 is 0. The third-order valence-electron chi connectivity index (χ3n) is 5.21. The molecule has 0 aromatic rings. The highest BCUT2D eigenvalue weighted by Crippen LogP contribution is 2.26. The maximum atomic E-state index is 11.5. The molecule has 0 saturated heterocycles. The van der Waals surface area contributed by atoms with Crippen LogP contribution in [0.5, 0.6) is 0 Å². The van der Waals surface area contributed by atoms with E-state index in [1.54, 1.807) is 0 Å². The first-order valence-corrected chi connectivity index (χ1v) is 8.72. The van der Waals surface area contributed by atoms with Crippen LogP contribution < -0.4 is 5.32 Å². The second-order valence-corrected chi connectivity index (χ2v) is 7.29. The van der Waals surface area contributed by atoms with Crippen molar-refractivity contribution in [2.24, 2.45) is 0 Å². The minimum Gasteiger partial charge on any atom is -0.480 e. The van der Waals surface area contributed by atoms with Gasteiger partial charge in [-0.05, 0) is 65.5 Å². The molecule has 2 saturated carbocycles. The van der Waals surface area contributed by atoms with Crippen LogP contribution in [0, 0.1) is 0 Å². The van der Waals surface area contributed by atoms with Crippen molar-refractivity contribution < 1.29 is 9.90 Å². The van der Waals surface area contributed by atoms with Crippen LogP contribution in [0.1, 0.15) is 71.1 Å². The molecule has 0 aliphatic heterocycles. The molecule has 0 amide bonds. The van der Waals surface area contributed by atoms with Gasteiger partial charge in [0.1, 0.15) is 5.54 Å². The van der Waals surface area contributed by atoms with Gasteiger partial charge >= 0.3 is 5.97 Å². The Labute approximate surface area is 129 Å². The van der Waals surface area contributed by atoms with Gasteiger partial charge in [-0.2, -0.15) is 0 Å². The Morgan fingerprint density at radius 2 is 1.86 bits per heavy atom. The van der Waals surface area contributed by atoms with Crippen molar-refractivity contribution in [2.75, 3.05) is 13.6 Å². The number of nitrogens with one attached hydrogen (secondary N) is 1. The van der Waals surface area contributed by atoms with Gasteiger partial charge in [0.25, 0.3) is 0 Å². The number of carbonyl (C=O) groups is 1. The summed E-state index contributed by atoms with van der Waals surface area (Å²) >= 11 is 0. The maximum absolute atomic E-state index is 11.5. The first-order valence-electron chi connectivity index (χ1n) is 8.72. The summed E-state index contributed by atoms with van der Waals surface area (Å²) in [4.78, 5) is 14.0.